The minimum absolute atomic E-state index is 0.158. The van der Waals surface area contributed by atoms with Crippen LogP contribution in [-0.2, 0) is 4.79 Å². The average Bonchev–Trinajstić information content (AvgIpc) is 3.17. The molecule has 1 aliphatic heterocycles. The Morgan fingerprint density at radius 2 is 2.10 bits per heavy atom. The monoisotopic (exact) mass is 391 g/mol. The summed E-state index contributed by atoms with van der Waals surface area (Å²) < 4.78 is 0. The highest BCUT2D eigenvalue weighted by Crippen LogP contribution is 2.32. The van der Waals surface area contributed by atoms with Crippen LogP contribution in [0, 0.1) is 0 Å². The second kappa shape index (κ2) is 8.15. The SMILES string of the molecule is CC(C)Nc1cccnc1N(C)C1CCN(c2cc3ccccc3[nH]2)C(C=O)C1. The van der Waals surface area contributed by atoms with E-state index in [1.807, 2.05) is 24.4 Å². The van der Waals surface area contributed by atoms with E-state index in [0.29, 0.717) is 6.04 Å². The maximum absolute atomic E-state index is 12.0. The van der Waals surface area contributed by atoms with Gasteiger partial charge in [-0.15, -0.1) is 0 Å². The third-order valence-corrected chi connectivity index (χ3v) is 5.71. The normalized spacial score (nSPS) is 19.5. The number of nitrogens with zero attached hydrogens (tertiary/aromatic N) is 3. The fourth-order valence-electron chi connectivity index (χ4n) is 4.25. The number of carbonyl (C=O) groups excluding carboxylic acids is 1. The number of piperidine rings is 1. The lowest BCUT2D eigenvalue weighted by Crippen LogP contribution is -2.50. The van der Waals surface area contributed by atoms with Gasteiger partial charge in [-0.2, -0.15) is 0 Å². The molecular formula is C23H29N5O. The largest absolute Gasteiger partial charge is 0.380 e. The number of benzene rings is 1. The summed E-state index contributed by atoms with van der Waals surface area (Å²) in [7, 11) is 2.08. The number of aldehydes is 1. The van der Waals surface area contributed by atoms with Crippen LogP contribution in [-0.4, -0.2) is 48.0 Å². The molecule has 1 aromatic carbocycles. The lowest BCUT2D eigenvalue weighted by molar-refractivity contribution is -0.109. The molecule has 2 N–H and O–H groups in total. The Labute approximate surface area is 171 Å². The number of aromatic amines is 1. The van der Waals surface area contributed by atoms with Crippen LogP contribution in [0.3, 0.4) is 0 Å². The second-order valence-electron chi connectivity index (χ2n) is 8.10. The molecule has 2 atom stereocenters. The van der Waals surface area contributed by atoms with Crippen LogP contribution in [0.4, 0.5) is 17.3 Å². The summed E-state index contributed by atoms with van der Waals surface area (Å²) in [6.07, 6.45) is 4.65. The predicted octanol–water partition coefficient (Wildman–Crippen LogP) is 4.06. The molecule has 29 heavy (non-hydrogen) atoms. The van der Waals surface area contributed by atoms with Crippen molar-refractivity contribution in [1.29, 1.82) is 0 Å². The van der Waals surface area contributed by atoms with Crippen LogP contribution in [0.2, 0.25) is 0 Å². The first-order chi connectivity index (χ1) is 14.1. The Morgan fingerprint density at radius 3 is 2.86 bits per heavy atom. The van der Waals surface area contributed by atoms with E-state index in [4.69, 9.17) is 0 Å². The molecule has 4 rings (SSSR count). The van der Waals surface area contributed by atoms with Gasteiger partial charge in [0.25, 0.3) is 0 Å². The summed E-state index contributed by atoms with van der Waals surface area (Å²) in [4.78, 5) is 24.5. The van der Waals surface area contributed by atoms with Gasteiger partial charge >= 0.3 is 0 Å². The molecule has 0 saturated carbocycles. The molecule has 0 bridgehead atoms. The Hall–Kier alpha value is -3.02. The Kier molecular flexibility index (Phi) is 5.43. The van der Waals surface area contributed by atoms with Gasteiger partial charge in [0.05, 0.1) is 11.7 Å². The molecule has 0 aliphatic carbocycles. The van der Waals surface area contributed by atoms with Crippen molar-refractivity contribution in [3.05, 3.63) is 48.7 Å². The number of fused-ring (bicyclic) bond motifs is 1. The van der Waals surface area contributed by atoms with E-state index in [1.54, 1.807) is 0 Å². The van der Waals surface area contributed by atoms with Crippen LogP contribution in [0.5, 0.6) is 0 Å². The lowest BCUT2D eigenvalue weighted by atomic mass is 9.96. The molecule has 0 amide bonds. The van der Waals surface area contributed by atoms with Crippen LogP contribution >= 0.6 is 0 Å². The van der Waals surface area contributed by atoms with Crippen molar-refractivity contribution < 1.29 is 4.79 Å². The predicted molar refractivity (Wildman–Crippen MR) is 120 cm³/mol. The maximum atomic E-state index is 12.0. The van der Waals surface area contributed by atoms with Crippen LogP contribution in [0.15, 0.2) is 48.7 Å². The Bertz CT molecular complexity index is 949. The van der Waals surface area contributed by atoms with Crippen LogP contribution in [0.1, 0.15) is 26.7 Å². The molecule has 6 heteroatoms. The number of para-hydroxylation sites is 1. The third kappa shape index (κ3) is 3.92. The summed E-state index contributed by atoms with van der Waals surface area (Å²) in [6.45, 7) is 5.07. The molecule has 2 aromatic heterocycles. The number of hydrogen-bond acceptors (Lipinski definition) is 5. The molecule has 3 heterocycles. The van der Waals surface area contributed by atoms with E-state index in [0.717, 1.165) is 48.5 Å². The zero-order valence-electron chi connectivity index (χ0n) is 17.3. The van der Waals surface area contributed by atoms with Gasteiger partial charge in [0.2, 0.25) is 0 Å². The topological polar surface area (TPSA) is 64.3 Å². The zero-order chi connectivity index (χ0) is 20.4. The first-order valence-electron chi connectivity index (χ1n) is 10.3. The standard InChI is InChI=1S/C23H29N5O/c1-16(2)25-21-9-6-11-24-23(21)27(3)18-10-12-28(19(14-18)15-29)22-13-17-7-4-5-8-20(17)26-22/h4-9,11,13,15-16,18-19,25-26H,10,12,14H2,1-3H3. The third-order valence-electron chi connectivity index (χ3n) is 5.71. The highest BCUT2D eigenvalue weighted by Gasteiger charge is 2.32. The van der Waals surface area contributed by atoms with Gasteiger partial charge in [-0.05, 0) is 51.0 Å². The van der Waals surface area contributed by atoms with E-state index < -0.39 is 0 Å². The van der Waals surface area contributed by atoms with E-state index >= 15 is 0 Å². The highest BCUT2D eigenvalue weighted by molar-refractivity contribution is 5.85. The summed E-state index contributed by atoms with van der Waals surface area (Å²) in [5, 5.41) is 4.65. The summed E-state index contributed by atoms with van der Waals surface area (Å²) >= 11 is 0. The summed E-state index contributed by atoms with van der Waals surface area (Å²) in [6, 6.07) is 14.8. The molecule has 0 spiro atoms. The van der Waals surface area contributed by atoms with Gasteiger partial charge in [-0.1, -0.05) is 18.2 Å². The molecule has 1 fully saturated rings. The minimum atomic E-state index is -0.158. The number of rotatable bonds is 6. The van der Waals surface area contributed by atoms with Crippen molar-refractivity contribution in [3.63, 3.8) is 0 Å². The van der Waals surface area contributed by atoms with Crippen molar-refractivity contribution in [3.8, 4) is 0 Å². The van der Waals surface area contributed by atoms with Gasteiger partial charge in [-0.3, -0.25) is 0 Å². The molecule has 1 aliphatic rings. The average molecular weight is 392 g/mol. The molecule has 152 valence electrons. The van der Waals surface area contributed by atoms with Gasteiger partial charge in [0.15, 0.2) is 5.82 Å². The molecule has 3 aromatic rings. The minimum Gasteiger partial charge on any atom is -0.380 e. The van der Waals surface area contributed by atoms with Crippen molar-refractivity contribution in [2.45, 2.75) is 44.8 Å². The van der Waals surface area contributed by atoms with Gasteiger partial charge in [0.1, 0.15) is 12.1 Å². The van der Waals surface area contributed by atoms with E-state index in [-0.39, 0.29) is 12.1 Å². The maximum Gasteiger partial charge on any atom is 0.151 e. The van der Waals surface area contributed by atoms with E-state index in [2.05, 4.69) is 70.2 Å². The lowest BCUT2D eigenvalue weighted by Gasteiger charge is -2.41. The number of aromatic nitrogens is 2. The van der Waals surface area contributed by atoms with Crippen LogP contribution < -0.4 is 15.1 Å². The van der Waals surface area contributed by atoms with E-state index in [1.165, 1.54) is 5.39 Å². The zero-order valence-corrected chi connectivity index (χ0v) is 17.3. The fraction of sp³-hybridized carbons (Fsp3) is 0.391. The molecular weight excluding hydrogens is 362 g/mol. The number of H-pyrrole nitrogens is 1. The first-order valence-corrected chi connectivity index (χ1v) is 10.3. The molecule has 6 nitrogen and oxygen atoms in total. The van der Waals surface area contributed by atoms with Crippen molar-refractivity contribution >= 4 is 34.5 Å². The summed E-state index contributed by atoms with van der Waals surface area (Å²) in [5.74, 6) is 1.96. The number of carbonyl (C=O) groups is 1. The van der Waals surface area contributed by atoms with Crippen molar-refractivity contribution in [1.82, 2.24) is 9.97 Å². The van der Waals surface area contributed by atoms with Gasteiger partial charge < -0.3 is 24.9 Å². The number of anilines is 3. The molecule has 1 saturated heterocycles. The molecule has 0 radical (unpaired) electrons. The van der Waals surface area contributed by atoms with Gasteiger partial charge in [-0.25, -0.2) is 4.98 Å². The van der Waals surface area contributed by atoms with Gasteiger partial charge in [0, 0.05) is 42.8 Å². The Balaban J connectivity index is 1.53. The smallest absolute Gasteiger partial charge is 0.151 e. The Morgan fingerprint density at radius 1 is 1.28 bits per heavy atom. The molecule has 2 unspecified atom stereocenters. The van der Waals surface area contributed by atoms with Crippen LogP contribution in [0.25, 0.3) is 10.9 Å². The number of pyridine rings is 1. The first kappa shape index (κ1) is 19.3. The quantitative estimate of drug-likeness (QED) is 0.621. The summed E-state index contributed by atoms with van der Waals surface area (Å²) in [5.41, 5.74) is 2.13. The second-order valence-corrected chi connectivity index (χ2v) is 8.10. The highest BCUT2D eigenvalue weighted by atomic mass is 16.1. The number of hydrogen-bond donors (Lipinski definition) is 2. The van der Waals surface area contributed by atoms with E-state index in [9.17, 15) is 4.79 Å². The van der Waals surface area contributed by atoms with Crippen molar-refractivity contribution in [2.24, 2.45) is 0 Å². The van der Waals surface area contributed by atoms with Crippen molar-refractivity contribution in [2.75, 3.05) is 28.7 Å². The fourth-order valence-corrected chi connectivity index (χ4v) is 4.25. The number of nitrogens with one attached hydrogen (secondary N) is 2.